The molecule has 0 aliphatic rings. The van der Waals surface area contributed by atoms with E-state index < -0.39 is 34.7 Å². The zero-order valence-corrected chi connectivity index (χ0v) is 14.0. The van der Waals surface area contributed by atoms with Gasteiger partial charge in [0.05, 0.1) is 17.7 Å². The number of alkyl halides is 3. The number of amides is 1. The number of benzene rings is 1. The molecule has 0 saturated heterocycles. The molecule has 1 aromatic rings. The maximum absolute atomic E-state index is 12.8. The van der Waals surface area contributed by atoms with Gasteiger partial charge in [-0.05, 0) is 29.7 Å². The molecule has 0 fully saturated rings. The summed E-state index contributed by atoms with van der Waals surface area (Å²) in [5.74, 6) is -1.43. The average Bonchev–Trinajstić information content (AvgIpc) is 2.49. The predicted octanol–water partition coefficient (Wildman–Crippen LogP) is 3.69. The molecule has 1 aromatic carbocycles. The summed E-state index contributed by atoms with van der Waals surface area (Å²) >= 11 is 5.52. The molecule has 132 valence electrons. The second-order valence-electron chi connectivity index (χ2n) is 5.32. The maximum atomic E-state index is 12.8. The minimum atomic E-state index is -4.59. The SMILES string of the molecule is COC(=O)[C@@H](NC(=O)/C=C/c1ccc(Cl)c(C(F)(F)F)c1)C(C)C. The Hall–Kier alpha value is -2.02. The number of methoxy groups -OCH3 is 1. The molecule has 0 aliphatic carbocycles. The van der Waals surface area contributed by atoms with Crippen molar-refractivity contribution in [3.63, 3.8) is 0 Å². The van der Waals surface area contributed by atoms with Crippen LogP contribution >= 0.6 is 11.6 Å². The molecule has 1 atom stereocenters. The van der Waals surface area contributed by atoms with Crippen molar-refractivity contribution in [3.05, 3.63) is 40.4 Å². The normalized spacial score (nSPS) is 13.2. The second kappa shape index (κ2) is 8.19. The van der Waals surface area contributed by atoms with Gasteiger partial charge >= 0.3 is 12.1 Å². The molecule has 0 aliphatic heterocycles. The van der Waals surface area contributed by atoms with Crippen LogP contribution in [0.2, 0.25) is 5.02 Å². The molecule has 0 radical (unpaired) electrons. The van der Waals surface area contributed by atoms with Gasteiger partial charge in [0, 0.05) is 6.08 Å². The summed E-state index contributed by atoms with van der Waals surface area (Å²) in [6.45, 7) is 3.45. The smallest absolute Gasteiger partial charge is 0.417 e. The van der Waals surface area contributed by atoms with E-state index in [4.69, 9.17) is 11.6 Å². The van der Waals surface area contributed by atoms with Crippen molar-refractivity contribution in [2.45, 2.75) is 26.1 Å². The highest BCUT2D eigenvalue weighted by Crippen LogP contribution is 2.35. The summed E-state index contributed by atoms with van der Waals surface area (Å²) in [4.78, 5) is 23.4. The minimum Gasteiger partial charge on any atom is -0.467 e. The fraction of sp³-hybridized carbons (Fsp3) is 0.375. The minimum absolute atomic E-state index is 0.154. The van der Waals surface area contributed by atoms with Crippen LogP contribution in [0.25, 0.3) is 6.08 Å². The quantitative estimate of drug-likeness (QED) is 0.641. The molecule has 0 unspecified atom stereocenters. The van der Waals surface area contributed by atoms with Crippen molar-refractivity contribution in [1.29, 1.82) is 0 Å². The molecule has 0 bridgehead atoms. The lowest BCUT2D eigenvalue weighted by atomic mass is 10.0. The lowest BCUT2D eigenvalue weighted by Crippen LogP contribution is -2.44. The first-order valence-electron chi connectivity index (χ1n) is 6.99. The zero-order valence-electron chi connectivity index (χ0n) is 13.3. The van der Waals surface area contributed by atoms with Crippen LogP contribution in [0.5, 0.6) is 0 Å². The van der Waals surface area contributed by atoms with E-state index in [-0.39, 0.29) is 11.5 Å². The highest BCUT2D eigenvalue weighted by Gasteiger charge is 2.33. The third-order valence-corrected chi connectivity index (χ3v) is 3.47. The summed E-state index contributed by atoms with van der Waals surface area (Å²) in [5.41, 5.74) is -0.831. The van der Waals surface area contributed by atoms with E-state index in [0.29, 0.717) is 0 Å². The Morgan fingerprint density at radius 3 is 2.42 bits per heavy atom. The Balaban J connectivity index is 2.89. The summed E-state index contributed by atoms with van der Waals surface area (Å²) < 4.78 is 42.9. The number of halogens is 4. The first-order chi connectivity index (χ1) is 11.1. The molecule has 1 amide bonds. The van der Waals surface area contributed by atoms with Crippen molar-refractivity contribution in [3.8, 4) is 0 Å². The van der Waals surface area contributed by atoms with Crippen LogP contribution in [-0.4, -0.2) is 25.0 Å². The van der Waals surface area contributed by atoms with E-state index in [1.807, 2.05) is 0 Å². The molecule has 0 spiro atoms. The molecule has 0 heterocycles. The lowest BCUT2D eigenvalue weighted by molar-refractivity contribution is -0.145. The van der Waals surface area contributed by atoms with Gasteiger partial charge in [-0.1, -0.05) is 31.5 Å². The maximum Gasteiger partial charge on any atom is 0.417 e. The molecule has 4 nitrogen and oxygen atoms in total. The molecule has 0 aromatic heterocycles. The number of rotatable bonds is 5. The third kappa shape index (κ3) is 5.56. The first kappa shape index (κ1) is 20.0. The van der Waals surface area contributed by atoms with Crippen LogP contribution in [0, 0.1) is 5.92 Å². The fourth-order valence-electron chi connectivity index (χ4n) is 1.86. The predicted molar refractivity (Wildman–Crippen MR) is 84.3 cm³/mol. The van der Waals surface area contributed by atoms with Gasteiger partial charge in [0.1, 0.15) is 6.04 Å². The van der Waals surface area contributed by atoms with Crippen LogP contribution in [0.15, 0.2) is 24.3 Å². The number of esters is 1. The summed E-state index contributed by atoms with van der Waals surface area (Å²) in [6.07, 6.45) is -2.34. The van der Waals surface area contributed by atoms with E-state index >= 15 is 0 Å². The fourth-order valence-corrected chi connectivity index (χ4v) is 2.09. The molecular formula is C16H17ClF3NO3. The largest absolute Gasteiger partial charge is 0.467 e. The molecular weight excluding hydrogens is 347 g/mol. The second-order valence-corrected chi connectivity index (χ2v) is 5.73. The van der Waals surface area contributed by atoms with Gasteiger partial charge in [-0.2, -0.15) is 13.2 Å². The van der Waals surface area contributed by atoms with E-state index in [1.165, 1.54) is 19.3 Å². The zero-order chi connectivity index (χ0) is 18.5. The van der Waals surface area contributed by atoms with E-state index in [2.05, 4.69) is 10.1 Å². The number of carbonyl (C=O) groups excluding carboxylic acids is 2. The van der Waals surface area contributed by atoms with Crippen molar-refractivity contribution >= 4 is 29.6 Å². The van der Waals surface area contributed by atoms with Crippen LogP contribution in [0.3, 0.4) is 0 Å². The number of hydrogen-bond acceptors (Lipinski definition) is 3. The first-order valence-corrected chi connectivity index (χ1v) is 7.37. The molecule has 24 heavy (non-hydrogen) atoms. The Bertz CT molecular complexity index is 642. The molecule has 0 saturated carbocycles. The average molecular weight is 364 g/mol. The van der Waals surface area contributed by atoms with Gasteiger partial charge in [0.25, 0.3) is 0 Å². The van der Waals surface area contributed by atoms with Crippen LogP contribution in [0.1, 0.15) is 25.0 Å². The molecule has 1 N–H and O–H groups in total. The van der Waals surface area contributed by atoms with Crippen molar-refractivity contribution in [2.24, 2.45) is 5.92 Å². The summed E-state index contributed by atoms with van der Waals surface area (Å²) in [6, 6.07) is 2.45. The standard InChI is InChI=1S/C16H17ClF3NO3/c1-9(2)14(15(23)24-3)21-13(22)7-5-10-4-6-12(17)11(8-10)16(18,19)20/h4-9,14H,1-3H3,(H,21,22)/b7-5+/t14-/m0/s1. The third-order valence-electron chi connectivity index (χ3n) is 3.14. The van der Waals surface area contributed by atoms with Crippen molar-refractivity contribution in [1.82, 2.24) is 5.32 Å². The lowest BCUT2D eigenvalue weighted by Gasteiger charge is -2.18. The van der Waals surface area contributed by atoms with Crippen LogP contribution in [-0.2, 0) is 20.5 Å². The monoisotopic (exact) mass is 363 g/mol. The number of carbonyl (C=O) groups is 2. The van der Waals surface area contributed by atoms with Gasteiger partial charge in [0.2, 0.25) is 5.91 Å². The Labute approximate surface area is 142 Å². The van der Waals surface area contributed by atoms with Gasteiger partial charge < -0.3 is 10.1 Å². The summed E-state index contributed by atoms with van der Waals surface area (Å²) in [7, 11) is 1.20. The van der Waals surface area contributed by atoms with Crippen LogP contribution in [0.4, 0.5) is 13.2 Å². The highest BCUT2D eigenvalue weighted by atomic mass is 35.5. The summed E-state index contributed by atoms with van der Waals surface area (Å²) in [5, 5.41) is 2.02. The van der Waals surface area contributed by atoms with Gasteiger partial charge in [-0.3, -0.25) is 4.79 Å². The highest BCUT2D eigenvalue weighted by molar-refractivity contribution is 6.31. The number of hydrogen-bond donors (Lipinski definition) is 1. The van der Waals surface area contributed by atoms with E-state index in [9.17, 15) is 22.8 Å². The van der Waals surface area contributed by atoms with E-state index in [0.717, 1.165) is 18.2 Å². The van der Waals surface area contributed by atoms with Gasteiger partial charge in [-0.25, -0.2) is 4.79 Å². The van der Waals surface area contributed by atoms with Crippen molar-refractivity contribution < 1.29 is 27.5 Å². The van der Waals surface area contributed by atoms with Gasteiger partial charge in [-0.15, -0.1) is 0 Å². The number of nitrogens with one attached hydrogen (secondary N) is 1. The van der Waals surface area contributed by atoms with Gasteiger partial charge in [0.15, 0.2) is 0 Å². The topological polar surface area (TPSA) is 55.4 Å². The molecule has 1 rings (SSSR count). The molecule has 8 heteroatoms. The van der Waals surface area contributed by atoms with Crippen LogP contribution < -0.4 is 5.32 Å². The Morgan fingerprint density at radius 2 is 1.92 bits per heavy atom. The Kier molecular flexibility index (Phi) is 6.83. The van der Waals surface area contributed by atoms with E-state index in [1.54, 1.807) is 13.8 Å². The number of ether oxygens (including phenoxy) is 1. The Morgan fingerprint density at radius 1 is 1.29 bits per heavy atom. The van der Waals surface area contributed by atoms with Crippen molar-refractivity contribution in [2.75, 3.05) is 7.11 Å².